The van der Waals surface area contributed by atoms with Gasteiger partial charge in [-0.15, -0.1) is 0 Å². The Morgan fingerprint density at radius 3 is 1.01 bits per heavy atom. The summed E-state index contributed by atoms with van der Waals surface area (Å²) in [5.41, 5.74) is 22.9. The summed E-state index contributed by atoms with van der Waals surface area (Å²) in [5, 5.41) is 0. The van der Waals surface area contributed by atoms with Crippen molar-refractivity contribution < 1.29 is 9.47 Å². The van der Waals surface area contributed by atoms with Gasteiger partial charge in [0, 0.05) is 70.5 Å². The molecule has 0 aromatic heterocycles. The van der Waals surface area contributed by atoms with Crippen LogP contribution in [-0.4, -0.2) is 112 Å². The summed E-state index contributed by atoms with van der Waals surface area (Å²) < 4.78 is 12.5. The average Bonchev–Trinajstić information content (AvgIpc) is 1.61. The summed E-state index contributed by atoms with van der Waals surface area (Å²) in [6.07, 6.45) is 47.6. The summed E-state index contributed by atoms with van der Waals surface area (Å²) in [6, 6.07) is 88.9. The van der Waals surface area contributed by atoms with Crippen molar-refractivity contribution >= 4 is 0 Å². The quantitative estimate of drug-likeness (QED) is 0.0830. The average molecular weight is 1940 g/mol. The van der Waals surface area contributed by atoms with Crippen LogP contribution in [0.4, 0.5) is 0 Å². The second-order valence-electron chi connectivity index (χ2n) is 51.2. The highest BCUT2D eigenvalue weighted by Gasteiger charge is 2.45. The minimum Gasteiger partial charge on any atom is -0.461 e. The highest BCUT2D eigenvalue weighted by molar-refractivity contribution is 5.47. The van der Waals surface area contributed by atoms with Gasteiger partial charge >= 0.3 is 0 Å². The standard InChI is InChI=1S/2C23H27NO.C20H31N.C18H25N.2C17H23N.C17H27N/c1-23(2,3)24-16-19(25-18-9-5-4-6-10-18)15-22(24)21-12-8-7-11-20(21)17-13-14-17;1-23(2,3)24-16-15-21(25-18-9-5-4-6-10-18)22(24)20-12-8-7-11-19(20)17-13-14-17;1-20(2,3)21-15-9-5-4-6-12-19(21)18-11-8-7-10-17(18)16-13-14-16;1-13-11-17(19(12-13)18(2,3)4)16-8-6-5-7-15(16)14-9-10-14;2*1-17(2,3)18-12-6-9-16(18)15-8-5-4-7-14(15)13-10-11-13;1-17(2,3)18-14-10-5-4-9-13-16(18)15-11-7-6-8-12-15/h2*4-12,15,17,22H,13-14,16H2,1-3H3;7-8,10-11,16,19H,4-6,9,12-15H2,1-3H3;5-8,11,14,17H,9-10,12H2,1-4H3;4-8,12-13,16H,9-11H2,1-3H3;4-9,13,16H,10-12H2,1-3H3;6-8,11-12,16H,4-5,9-10,13-14H2,1-3H3. The molecule has 6 aliphatic carbocycles. The first-order chi connectivity index (χ1) is 68.8. The fourth-order valence-corrected chi connectivity index (χ4v) is 24.0. The summed E-state index contributed by atoms with van der Waals surface area (Å²) >= 11 is 0. The maximum atomic E-state index is 6.34. The molecule has 7 heterocycles. The third kappa shape index (κ3) is 28.7. The van der Waals surface area contributed by atoms with Gasteiger partial charge in [0.2, 0.25) is 0 Å². The van der Waals surface area contributed by atoms with Gasteiger partial charge in [-0.3, -0.25) is 29.4 Å². The van der Waals surface area contributed by atoms with E-state index in [0.717, 1.165) is 91.1 Å². The van der Waals surface area contributed by atoms with Gasteiger partial charge in [-0.25, -0.2) is 0 Å². The molecule has 9 aromatic rings. The van der Waals surface area contributed by atoms with E-state index >= 15 is 0 Å². The molecule has 8 fully saturated rings. The Hall–Kier alpha value is -9.16. The number of rotatable bonds is 17. The van der Waals surface area contributed by atoms with Crippen LogP contribution in [0.2, 0.25) is 0 Å². The van der Waals surface area contributed by atoms with Gasteiger partial charge in [0.15, 0.2) is 0 Å². The second-order valence-corrected chi connectivity index (χ2v) is 51.2. The lowest BCUT2D eigenvalue weighted by Crippen LogP contribution is -2.45. The fraction of sp³-hybridized carbons (Fsp3) is 0.526. The number of likely N-dealkylation sites (tertiary alicyclic amines) is 2. The van der Waals surface area contributed by atoms with Crippen LogP contribution in [0.5, 0.6) is 11.5 Å². The molecule has 7 unspecified atom stereocenters. The fourth-order valence-electron chi connectivity index (χ4n) is 24.0. The molecule has 0 amide bonds. The first-order valence-electron chi connectivity index (χ1n) is 56.7. The molecule has 0 bridgehead atoms. The minimum atomic E-state index is 0.0830. The molecule has 2 saturated heterocycles. The smallest absolute Gasteiger partial charge is 0.127 e. The van der Waals surface area contributed by atoms with E-state index in [4.69, 9.17) is 9.47 Å². The predicted octanol–water partition coefficient (Wildman–Crippen LogP) is 35.4. The van der Waals surface area contributed by atoms with Crippen LogP contribution in [0.15, 0.2) is 296 Å². The van der Waals surface area contributed by atoms with E-state index < -0.39 is 0 Å². The van der Waals surface area contributed by atoms with Crippen LogP contribution in [0, 0.1) is 0 Å². The normalized spacial score (nSPS) is 23.3. The van der Waals surface area contributed by atoms with E-state index in [2.05, 4.69) is 405 Å². The van der Waals surface area contributed by atoms with Crippen LogP contribution in [0.25, 0.3) is 0 Å². The molecule has 0 radical (unpaired) electrons. The molecule has 0 spiro atoms. The van der Waals surface area contributed by atoms with Crippen LogP contribution < -0.4 is 9.47 Å². The van der Waals surface area contributed by atoms with Crippen LogP contribution >= 0.6 is 0 Å². The van der Waals surface area contributed by atoms with Gasteiger partial charge in [-0.1, -0.05) is 281 Å². The Balaban J connectivity index is 0.000000121. The molecule has 9 aromatic carbocycles. The van der Waals surface area contributed by atoms with Crippen LogP contribution in [0.1, 0.15) is 450 Å². The van der Waals surface area contributed by atoms with E-state index in [1.807, 2.05) is 60.7 Å². The SMILES string of the molecule is CC(C)(C)N1C=CCC1c1ccccc1C1CC1.CC(C)(C)N1CC(Oc2ccccc2)=CC1c1ccccc1C1CC1.CC(C)(C)N1CC=C(Oc2ccccc2)C1c1ccccc1C1CC1.CC(C)(C)N1CC=CC1c1ccccc1C1CC1.CC(C)(C)N1CCCCCCC1c1ccccc1.CC(C)(C)N1CCCCCCC1c1ccccc1C1CC1.CC1=CC(c2ccccc2C2CC2)N(C(C)(C)C)C1. The third-order valence-electron chi connectivity index (χ3n) is 32.3. The highest BCUT2D eigenvalue weighted by atomic mass is 16.5. The maximum Gasteiger partial charge on any atom is 0.127 e. The number of hydrogen-bond donors (Lipinski definition) is 0. The van der Waals surface area contributed by atoms with E-state index in [0.29, 0.717) is 30.2 Å². The Labute approximate surface area is 874 Å². The largest absolute Gasteiger partial charge is 0.461 e. The van der Waals surface area contributed by atoms with Gasteiger partial charge in [0.25, 0.3) is 0 Å². The lowest BCUT2D eigenvalue weighted by Gasteiger charge is -2.44. The summed E-state index contributed by atoms with van der Waals surface area (Å²) in [5.74, 6) is 8.78. The van der Waals surface area contributed by atoms with Crippen LogP contribution in [-0.2, 0) is 0 Å². The lowest BCUT2D eigenvalue weighted by molar-refractivity contribution is 0.0654. The van der Waals surface area contributed by atoms with Crippen molar-refractivity contribution in [2.45, 2.75) is 417 Å². The van der Waals surface area contributed by atoms with Crippen molar-refractivity contribution in [3.05, 3.63) is 369 Å². The number of nitrogens with zero attached hydrogens (tertiary/aromatic N) is 7. The molecule has 6 saturated carbocycles. The zero-order valence-corrected chi connectivity index (χ0v) is 93.0. The van der Waals surface area contributed by atoms with Crippen molar-refractivity contribution in [2.75, 3.05) is 39.3 Å². The number of ether oxygens (including phenoxy) is 2. The molecular formula is C135H183N7O2. The van der Waals surface area contributed by atoms with Crippen molar-refractivity contribution in [3.8, 4) is 11.5 Å². The highest BCUT2D eigenvalue weighted by Crippen LogP contribution is 2.54. The molecule has 144 heavy (non-hydrogen) atoms. The number of hydrogen-bond acceptors (Lipinski definition) is 9. The number of para-hydroxylation sites is 2. The molecule has 13 aliphatic rings. The van der Waals surface area contributed by atoms with Gasteiger partial charge in [-0.2, -0.15) is 0 Å². The summed E-state index contributed by atoms with van der Waals surface area (Å²) in [7, 11) is 0. The molecule has 7 aliphatic heterocycles. The van der Waals surface area contributed by atoms with Crippen molar-refractivity contribution in [3.63, 3.8) is 0 Å². The Morgan fingerprint density at radius 2 is 0.590 bits per heavy atom. The topological polar surface area (TPSA) is 41.1 Å². The Kier molecular flexibility index (Phi) is 35.2. The maximum absolute atomic E-state index is 6.34. The first-order valence-corrected chi connectivity index (χ1v) is 56.7. The monoisotopic (exact) mass is 1930 g/mol. The third-order valence-corrected chi connectivity index (χ3v) is 32.3. The van der Waals surface area contributed by atoms with Crippen LogP contribution in [0.3, 0.4) is 0 Å². The molecule has 0 N–H and O–H groups in total. The van der Waals surface area contributed by atoms with Gasteiger partial charge in [0.1, 0.15) is 23.0 Å². The van der Waals surface area contributed by atoms with Gasteiger partial charge in [-0.05, 0) is 425 Å². The molecule has 9 nitrogen and oxygen atoms in total. The van der Waals surface area contributed by atoms with Gasteiger partial charge < -0.3 is 14.4 Å². The summed E-state index contributed by atoms with van der Waals surface area (Å²) in [6.45, 7) is 57.5. The van der Waals surface area contributed by atoms with Crippen molar-refractivity contribution in [1.29, 1.82) is 0 Å². The molecule has 770 valence electrons. The zero-order chi connectivity index (χ0) is 102. The lowest BCUT2D eigenvalue weighted by atomic mass is 9.88. The van der Waals surface area contributed by atoms with E-state index in [1.54, 1.807) is 33.4 Å². The van der Waals surface area contributed by atoms with Gasteiger partial charge in [0.05, 0.1) is 36.8 Å². The minimum absolute atomic E-state index is 0.0830. The Morgan fingerprint density at radius 1 is 0.257 bits per heavy atom. The number of benzene rings is 9. The van der Waals surface area contributed by atoms with E-state index in [1.165, 1.54) is 199 Å². The zero-order valence-electron chi connectivity index (χ0n) is 93.0. The molecular weight excluding hydrogens is 1750 g/mol. The second kappa shape index (κ2) is 47.1. The van der Waals surface area contributed by atoms with E-state index in [-0.39, 0.29) is 50.9 Å². The molecule has 22 rings (SSSR count). The Bertz CT molecular complexity index is 5730. The van der Waals surface area contributed by atoms with Crippen molar-refractivity contribution in [2.24, 2.45) is 0 Å². The summed E-state index contributed by atoms with van der Waals surface area (Å²) in [4.78, 5) is 18.3. The molecule has 7 atom stereocenters. The molecule has 9 heteroatoms. The van der Waals surface area contributed by atoms with E-state index in [9.17, 15) is 0 Å². The first kappa shape index (κ1) is 108. The predicted molar refractivity (Wildman–Crippen MR) is 610 cm³/mol. The van der Waals surface area contributed by atoms with Crippen molar-refractivity contribution in [1.82, 2.24) is 34.3 Å².